The van der Waals surface area contributed by atoms with Crippen molar-refractivity contribution in [2.75, 3.05) is 20.1 Å². The Balaban J connectivity index is 0.00000264. The average Bonchev–Trinajstić information content (AvgIpc) is 3.03. The van der Waals surface area contributed by atoms with Gasteiger partial charge < -0.3 is 10.6 Å². The van der Waals surface area contributed by atoms with Gasteiger partial charge in [-0.15, -0.1) is 18.8 Å². The highest BCUT2D eigenvalue weighted by Gasteiger charge is 2.38. The number of nitrogens with zero attached hydrogens (tertiary/aromatic N) is 1. The molecule has 23 heavy (non-hydrogen) atoms. The number of likely N-dealkylation sites (N-methyl/N-ethyl adjacent to an activating group) is 1. The van der Waals surface area contributed by atoms with Crippen LogP contribution < -0.4 is 10.6 Å². The van der Waals surface area contributed by atoms with Gasteiger partial charge in [0.1, 0.15) is 6.04 Å². The van der Waals surface area contributed by atoms with Gasteiger partial charge in [0.05, 0.1) is 12.6 Å². The van der Waals surface area contributed by atoms with Crippen molar-refractivity contribution in [1.29, 1.82) is 0 Å². The molecule has 124 valence electrons. The lowest BCUT2D eigenvalue weighted by Crippen LogP contribution is -2.48. The van der Waals surface area contributed by atoms with E-state index in [1.807, 2.05) is 35.2 Å². The fraction of sp³-hybridized carbons (Fsp3) is 0.412. The van der Waals surface area contributed by atoms with Gasteiger partial charge in [-0.1, -0.05) is 36.3 Å². The molecule has 2 rings (SSSR count). The Hall–Kier alpha value is -2.03. The number of carbonyl (C=O) groups is 2. The molecule has 0 unspecified atom stereocenters. The summed E-state index contributed by atoms with van der Waals surface area (Å²) in [5, 5.41) is 5.42. The molecule has 1 saturated heterocycles. The largest absolute Gasteiger partial charge is 0.358 e. The zero-order valence-corrected chi connectivity index (χ0v) is 13.9. The van der Waals surface area contributed by atoms with E-state index in [1.54, 1.807) is 7.05 Å². The number of terminal acetylenes is 1. The van der Waals surface area contributed by atoms with Crippen LogP contribution in [-0.4, -0.2) is 42.9 Å². The summed E-state index contributed by atoms with van der Waals surface area (Å²) in [5.74, 6) is 2.18. The minimum Gasteiger partial charge on any atom is -0.358 e. The first-order chi connectivity index (χ1) is 10.7. The molecule has 2 atom stereocenters. The zero-order chi connectivity index (χ0) is 15.9. The van der Waals surface area contributed by atoms with E-state index >= 15 is 0 Å². The van der Waals surface area contributed by atoms with E-state index in [1.165, 1.54) is 0 Å². The third kappa shape index (κ3) is 4.47. The molecule has 0 aromatic heterocycles. The summed E-state index contributed by atoms with van der Waals surface area (Å²) in [6, 6.07) is 8.74. The van der Waals surface area contributed by atoms with Crippen LogP contribution in [0.1, 0.15) is 24.4 Å². The topological polar surface area (TPSA) is 61.4 Å². The zero-order valence-electron chi connectivity index (χ0n) is 13.1. The Bertz CT molecular complexity index is 571. The molecule has 0 bridgehead atoms. The monoisotopic (exact) mass is 335 g/mol. The molecule has 6 heteroatoms. The Morgan fingerprint density at radius 2 is 2.09 bits per heavy atom. The molecule has 1 heterocycles. The fourth-order valence-corrected chi connectivity index (χ4v) is 2.90. The maximum Gasteiger partial charge on any atom is 0.241 e. The molecule has 1 aliphatic rings. The molecule has 0 radical (unpaired) electrons. The number of rotatable bonds is 5. The van der Waals surface area contributed by atoms with E-state index in [0.717, 1.165) is 18.4 Å². The molecule has 1 fully saturated rings. The van der Waals surface area contributed by atoms with E-state index in [9.17, 15) is 9.59 Å². The van der Waals surface area contributed by atoms with Crippen molar-refractivity contribution in [2.24, 2.45) is 0 Å². The van der Waals surface area contributed by atoms with Crippen LogP contribution in [0.25, 0.3) is 0 Å². The highest BCUT2D eigenvalue weighted by Crippen LogP contribution is 2.29. The van der Waals surface area contributed by atoms with Gasteiger partial charge in [-0.05, 0) is 18.4 Å². The van der Waals surface area contributed by atoms with E-state index in [-0.39, 0.29) is 36.8 Å². The van der Waals surface area contributed by atoms with Crippen LogP contribution in [0.4, 0.5) is 0 Å². The second kappa shape index (κ2) is 9.19. The van der Waals surface area contributed by atoms with E-state index in [0.29, 0.717) is 6.54 Å². The van der Waals surface area contributed by atoms with Gasteiger partial charge in [0.2, 0.25) is 11.8 Å². The SMILES string of the molecule is C#CCNC(=O)[C@@H]1CCCN1[C@@H](C(=O)NC)c1ccccc1.Cl. The summed E-state index contributed by atoms with van der Waals surface area (Å²) >= 11 is 0. The smallest absolute Gasteiger partial charge is 0.241 e. The number of amides is 2. The highest BCUT2D eigenvalue weighted by atomic mass is 35.5. The molecule has 1 aliphatic heterocycles. The van der Waals surface area contributed by atoms with Gasteiger partial charge in [-0.25, -0.2) is 0 Å². The van der Waals surface area contributed by atoms with Crippen molar-refractivity contribution in [1.82, 2.24) is 15.5 Å². The standard InChI is InChI=1S/C17H21N3O2.ClH/c1-3-11-19-16(21)14-10-7-12-20(14)15(17(22)18-2)13-8-5-4-6-9-13;/h1,4-6,8-9,14-15H,7,10-12H2,2H3,(H,18,22)(H,19,21);1H/t14-,15+;/m0./s1. The van der Waals surface area contributed by atoms with Crippen LogP contribution in [0.2, 0.25) is 0 Å². The second-order valence-corrected chi connectivity index (χ2v) is 5.25. The lowest BCUT2D eigenvalue weighted by molar-refractivity contribution is -0.131. The van der Waals surface area contributed by atoms with Crippen LogP contribution >= 0.6 is 12.4 Å². The summed E-state index contributed by atoms with van der Waals surface area (Å²) in [6.07, 6.45) is 6.80. The van der Waals surface area contributed by atoms with Crippen molar-refractivity contribution in [3.63, 3.8) is 0 Å². The van der Waals surface area contributed by atoms with E-state index < -0.39 is 6.04 Å². The van der Waals surface area contributed by atoms with Crippen molar-refractivity contribution >= 4 is 24.2 Å². The van der Waals surface area contributed by atoms with Crippen LogP contribution in [0.5, 0.6) is 0 Å². The summed E-state index contributed by atoms with van der Waals surface area (Å²) < 4.78 is 0. The Morgan fingerprint density at radius 1 is 1.39 bits per heavy atom. The van der Waals surface area contributed by atoms with Gasteiger partial charge in [0, 0.05) is 13.6 Å². The maximum absolute atomic E-state index is 12.4. The van der Waals surface area contributed by atoms with E-state index in [4.69, 9.17) is 6.42 Å². The third-order valence-corrected chi connectivity index (χ3v) is 3.90. The Labute approximate surface area is 143 Å². The lowest BCUT2D eigenvalue weighted by Gasteiger charge is -2.31. The molecule has 0 spiro atoms. The number of nitrogens with one attached hydrogen (secondary N) is 2. The molecule has 0 saturated carbocycles. The number of halogens is 1. The summed E-state index contributed by atoms with van der Waals surface area (Å²) in [4.78, 5) is 26.6. The maximum atomic E-state index is 12.4. The molecule has 5 nitrogen and oxygen atoms in total. The lowest BCUT2D eigenvalue weighted by atomic mass is 10.0. The third-order valence-electron chi connectivity index (χ3n) is 3.90. The van der Waals surface area contributed by atoms with Crippen molar-refractivity contribution in [2.45, 2.75) is 24.9 Å². The first-order valence-electron chi connectivity index (χ1n) is 7.42. The summed E-state index contributed by atoms with van der Waals surface area (Å²) in [5.41, 5.74) is 0.887. The van der Waals surface area contributed by atoms with Crippen molar-refractivity contribution in [3.8, 4) is 12.3 Å². The van der Waals surface area contributed by atoms with Crippen LogP contribution in [0.3, 0.4) is 0 Å². The van der Waals surface area contributed by atoms with Crippen LogP contribution in [0, 0.1) is 12.3 Å². The van der Waals surface area contributed by atoms with Gasteiger partial charge in [-0.3, -0.25) is 14.5 Å². The Kier molecular flexibility index (Phi) is 7.60. The molecular formula is C17H22ClN3O2. The summed E-state index contributed by atoms with van der Waals surface area (Å²) in [6.45, 7) is 0.917. The second-order valence-electron chi connectivity index (χ2n) is 5.25. The number of hydrogen-bond acceptors (Lipinski definition) is 3. The molecule has 1 aromatic carbocycles. The Morgan fingerprint density at radius 3 is 2.70 bits per heavy atom. The quantitative estimate of drug-likeness (QED) is 0.792. The fourth-order valence-electron chi connectivity index (χ4n) is 2.90. The highest BCUT2D eigenvalue weighted by molar-refractivity contribution is 5.86. The molecule has 2 amide bonds. The molecule has 2 N–H and O–H groups in total. The molecule has 1 aromatic rings. The predicted octanol–water partition coefficient (Wildman–Crippen LogP) is 1.11. The predicted molar refractivity (Wildman–Crippen MR) is 92.1 cm³/mol. The number of carbonyl (C=O) groups excluding carboxylic acids is 2. The average molecular weight is 336 g/mol. The molecule has 0 aliphatic carbocycles. The van der Waals surface area contributed by atoms with Gasteiger partial charge in [-0.2, -0.15) is 0 Å². The number of likely N-dealkylation sites (tertiary alicyclic amines) is 1. The number of hydrogen-bond donors (Lipinski definition) is 2. The minimum atomic E-state index is -0.463. The van der Waals surface area contributed by atoms with Crippen molar-refractivity contribution < 1.29 is 9.59 Å². The first kappa shape index (κ1) is 19.0. The van der Waals surface area contributed by atoms with Crippen LogP contribution in [0.15, 0.2) is 30.3 Å². The van der Waals surface area contributed by atoms with Crippen LogP contribution in [-0.2, 0) is 9.59 Å². The van der Waals surface area contributed by atoms with E-state index in [2.05, 4.69) is 16.6 Å². The normalized spacial score (nSPS) is 18.3. The molecular weight excluding hydrogens is 314 g/mol. The minimum absolute atomic E-state index is 0. The van der Waals surface area contributed by atoms with Gasteiger partial charge >= 0.3 is 0 Å². The first-order valence-corrected chi connectivity index (χ1v) is 7.42. The number of benzene rings is 1. The van der Waals surface area contributed by atoms with Gasteiger partial charge in [0.25, 0.3) is 0 Å². The van der Waals surface area contributed by atoms with Gasteiger partial charge in [0.15, 0.2) is 0 Å². The van der Waals surface area contributed by atoms with Crippen molar-refractivity contribution in [3.05, 3.63) is 35.9 Å². The summed E-state index contributed by atoms with van der Waals surface area (Å²) in [7, 11) is 1.61.